The molecule has 5 heteroatoms. The van der Waals surface area contributed by atoms with E-state index in [0.29, 0.717) is 17.0 Å². The zero-order valence-electron chi connectivity index (χ0n) is 14.7. The number of benzene rings is 1. The SMILES string of the molecule is Cc1ccc2nc(Cl)c3cc(C(=O)N4C[C@@H](C)C[C@H](C)C4)sc3c2c1. The molecular formula is C20H21ClN2OS. The summed E-state index contributed by atoms with van der Waals surface area (Å²) in [5.41, 5.74) is 2.06. The predicted molar refractivity (Wildman–Crippen MR) is 106 cm³/mol. The molecule has 2 aromatic heterocycles. The number of fused-ring (bicyclic) bond motifs is 3. The van der Waals surface area contributed by atoms with Crippen LogP contribution in [0.3, 0.4) is 0 Å². The average molecular weight is 373 g/mol. The van der Waals surface area contributed by atoms with Crippen molar-refractivity contribution in [2.75, 3.05) is 13.1 Å². The van der Waals surface area contributed by atoms with E-state index >= 15 is 0 Å². The first-order chi connectivity index (χ1) is 11.9. The average Bonchev–Trinajstić information content (AvgIpc) is 3.00. The van der Waals surface area contributed by atoms with Crippen molar-refractivity contribution < 1.29 is 4.79 Å². The molecule has 0 unspecified atom stereocenters. The van der Waals surface area contributed by atoms with Crippen molar-refractivity contribution in [1.82, 2.24) is 9.88 Å². The second-order valence-corrected chi connectivity index (χ2v) is 8.84. The number of carbonyl (C=O) groups excluding carboxylic acids is 1. The van der Waals surface area contributed by atoms with Crippen LogP contribution in [0.4, 0.5) is 0 Å². The van der Waals surface area contributed by atoms with Gasteiger partial charge < -0.3 is 4.90 Å². The van der Waals surface area contributed by atoms with Crippen LogP contribution < -0.4 is 0 Å². The van der Waals surface area contributed by atoms with E-state index in [1.165, 1.54) is 23.3 Å². The molecule has 4 rings (SSSR count). The number of halogens is 1. The van der Waals surface area contributed by atoms with Gasteiger partial charge >= 0.3 is 0 Å². The lowest BCUT2D eigenvalue weighted by Gasteiger charge is -2.34. The van der Waals surface area contributed by atoms with Crippen LogP contribution in [0.5, 0.6) is 0 Å². The van der Waals surface area contributed by atoms with Gasteiger partial charge in [-0.3, -0.25) is 4.79 Å². The maximum absolute atomic E-state index is 13.0. The topological polar surface area (TPSA) is 33.2 Å². The molecule has 0 N–H and O–H groups in total. The third kappa shape index (κ3) is 3.02. The summed E-state index contributed by atoms with van der Waals surface area (Å²) in [4.78, 5) is 20.3. The van der Waals surface area contributed by atoms with E-state index in [4.69, 9.17) is 11.6 Å². The van der Waals surface area contributed by atoms with Crippen molar-refractivity contribution in [3.05, 3.63) is 39.9 Å². The summed E-state index contributed by atoms with van der Waals surface area (Å²) >= 11 is 7.93. The number of likely N-dealkylation sites (tertiary alicyclic amines) is 1. The van der Waals surface area contributed by atoms with Crippen LogP contribution in [0.2, 0.25) is 5.15 Å². The number of hydrogen-bond acceptors (Lipinski definition) is 3. The molecule has 1 amide bonds. The van der Waals surface area contributed by atoms with Gasteiger partial charge in [0, 0.05) is 28.6 Å². The Labute approximate surface area is 156 Å². The van der Waals surface area contributed by atoms with Gasteiger partial charge in [0.25, 0.3) is 5.91 Å². The fourth-order valence-electron chi connectivity index (χ4n) is 3.93. The first kappa shape index (κ1) is 16.8. The fourth-order valence-corrected chi connectivity index (χ4v) is 5.38. The maximum atomic E-state index is 13.0. The number of rotatable bonds is 1. The Balaban J connectivity index is 1.80. The standard InChI is InChI=1S/C20H21ClN2OS/c1-11-4-5-16-14(7-11)18-15(19(21)22-16)8-17(25-18)20(24)23-9-12(2)6-13(3)10-23/h4-5,7-8,12-13H,6,9-10H2,1-3H3/t12-,13-/m0/s1. The third-order valence-corrected chi connectivity index (χ3v) is 6.38. The molecule has 3 aromatic rings. The lowest BCUT2D eigenvalue weighted by atomic mass is 9.92. The summed E-state index contributed by atoms with van der Waals surface area (Å²) in [6.45, 7) is 8.18. The van der Waals surface area contributed by atoms with Gasteiger partial charge in [-0.1, -0.05) is 37.1 Å². The summed E-state index contributed by atoms with van der Waals surface area (Å²) in [7, 11) is 0. The van der Waals surface area contributed by atoms with Gasteiger partial charge in [-0.15, -0.1) is 11.3 Å². The Morgan fingerprint density at radius 1 is 1.20 bits per heavy atom. The van der Waals surface area contributed by atoms with E-state index in [9.17, 15) is 4.79 Å². The molecule has 2 atom stereocenters. The van der Waals surface area contributed by atoms with Crippen LogP contribution in [0.25, 0.3) is 21.0 Å². The predicted octanol–water partition coefficient (Wildman–Crippen LogP) is 5.53. The van der Waals surface area contributed by atoms with Gasteiger partial charge in [0.05, 0.1) is 10.4 Å². The first-order valence-electron chi connectivity index (χ1n) is 8.71. The van der Waals surface area contributed by atoms with Crippen molar-refractivity contribution in [3.63, 3.8) is 0 Å². The Bertz CT molecular complexity index is 971. The summed E-state index contributed by atoms with van der Waals surface area (Å²) in [6.07, 6.45) is 1.19. The second kappa shape index (κ2) is 6.26. The van der Waals surface area contributed by atoms with Gasteiger partial charge in [0.2, 0.25) is 0 Å². The Hall–Kier alpha value is -1.65. The molecule has 1 aliphatic heterocycles. The molecule has 0 bridgehead atoms. The van der Waals surface area contributed by atoms with Crippen molar-refractivity contribution in [2.24, 2.45) is 11.8 Å². The highest BCUT2D eigenvalue weighted by atomic mass is 35.5. The van der Waals surface area contributed by atoms with Gasteiger partial charge in [0.15, 0.2) is 0 Å². The van der Waals surface area contributed by atoms with Gasteiger partial charge in [0.1, 0.15) is 5.15 Å². The molecule has 0 radical (unpaired) electrons. The summed E-state index contributed by atoms with van der Waals surface area (Å²) in [5, 5.41) is 2.43. The quantitative estimate of drug-likeness (QED) is 0.526. The van der Waals surface area contributed by atoms with Crippen LogP contribution in [0, 0.1) is 18.8 Å². The second-order valence-electron chi connectivity index (χ2n) is 7.43. The minimum atomic E-state index is 0.122. The number of nitrogens with zero attached hydrogens (tertiary/aromatic N) is 2. The Kier molecular flexibility index (Phi) is 4.20. The molecule has 3 heterocycles. The third-order valence-electron chi connectivity index (χ3n) is 4.94. The van der Waals surface area contributed by atoms with Gasteiger partial charge in [-0.05, 0) is 43.4 Å². The molecule has 1 aromatic carbocycles. The molecule has 3 nitrogen and oxygen atoms in total. The van der Waals surface area contributed by atoms with E-state index < -0.39 is 0 Å². The van der Waals surface area contributed by atoms with Crippen molar-refractivity contribution >= 4 is 49.8 Å². The van der Waals surface area contributed by atoms with Crippen LogP contribution >= 0.6 is 22.9 Å². The number of thiophene rings is 1. The molecule has 0 spiro atoms. The van der Waals surface area contributed by atoms with E-state index in [1.54, 1.807) is 0 Å². The number of carbonyl (C=O) groups is 1. The van der Waals surface area contributed by atoms with Crippen molar-refractivity contribution in [3.8, 4) is 0 Å². The van der Waals surface area contributed by atoms with Crippen LogP contribution in [-0.2, 0) is 0 Å². The minimum Gasteiger partial charge on any atom is -0.337 e. The lowest BCUT2D eigenvalue weighted by Crippen LogP contribution is -2.42. The number of hydrogen-bond donors (Lipinski definition) is 0. The Morgan fingerprint density at radius 2 is 1.92 bits per heavy atom. The van der Waals surface area contributed by atoms with Gasteiger partial charge in [-0.25, -0.2) is 4.98 Å². The zero-order valence-corrected chi connectivity index (χ0v) is 16.2. The van der Waals surface area contributed by atoms with Crippen LogP contribution in [0.1, 0.15) is 35.5 Å². The first-order valence-corrected chi connectivity index (χ1v) is 9.90. The monoisotopic (exact) mass is 372 g/mol. The van der Waals surface area contributed by atoms with Crippen molar-refractivity contribution in [1.29, 1.82) is 0 Å². The highest BCUT2D eigenvalue weighted by molar-refractivity contribution is 7.21. The van der Waals surface area contributed by atoms with E-state index in [0.717, 1.165) is 39.0 Å². The minimum absolute atomic E-state index is 0.122. The highest BCUT2D eigenvalue weighted by Gasteiger charge is 2.27. The number of amides is 1. The van der Waals surface area contributed by atoms with Crippen LogP contribution in [-0.4, -0.2) is 28.9 Å². The van der Waals surface area contributed by atoms with Gasteiger partial charge in [-0.2, -0.15) is 0 Å². The molecule has 0 aliphatic carbocycles. The molecule has 130 valence electrons. The Morgan fingerprint density at radius 3 is 2.64 bits per heavy atom. The number of pyridine rings is 1. The molecule has 1 fully saturated rings. The number of aromatic nitrogens is 1. The van der Waals surface area contributed by atoms with Crippen LogP contribution in [0.15, 0.2) is 24.3 Å². The normalized spacial score (nSPS) is 21.2. The number of piperidine rings is 1. The van der Waals surface area contributed by atoms with Crippen molar-refractivity contribution in [2.45, 2.75) is 27.2 Å². The molecule has 25 heavy (non-hydrogen) atoms. The maximum Gasteiger partial charge on any atom is 0.263 e. The molecule has 1 aliphatic rings. The highest BCUT2D eigenvalue weighted by Crippen LogP contribution is 2.37. The lowest BCUT2D eigenvalue weighted by molar-refractivity contribution is 0.0628. The zero-order chi connectivity index (χ0) is 17.7. The summed E-state index contributed by atoms with van der Waals surface area (Å²) in [5.74, 6) is 1.23. The molecular weight excluding hydrogens is 352 g/mol. The van der Waals surface area contributed by atoms with E-state index in [-0.39, 0.29) is 5.91 Å². The molecule has 1 saturated heterocycles. The number of aryl methyl sites for hydroxylation is 1. The van der Waals surface area contributed by atoms with E-state index in [1.807, 2.05) is 23.1 Å². The summed E-state index contributed by atoms with van der Waals surface area (Å²) in [6, 6.07) is 8.07. The smallest absolute Gasteiger partial charge is 0.263 e. The van der Waals surface area contributed by atoms with E-state index in [2.05, 4.69) is 31.8 Å². The fraction of sp³-hybridized carbons (Fsp3) is 0.400. The summed E-state index contributed by atoms with van der Waals surface area (Å²) < 4.78 is 1.06. The largest absolute Gasteiger partial charge is 0.337 e. The molecule has 0 saturated carbocycles.